The van der Waals surface area contributed by atoms with Crippen LogP contribution in [0.4, 0.5) is 16.0 Å². The van der Waals surface area contributed by atoms with Crippen LogP contribution in [-0.4, -0.2) is 28.9 Å². The first-order valence-electron chi connectivity index (χ1n) is 8.03. The zero-order valence-electron chi connectivity index (χ0n) is 14.0. The maximum atomic E-state index is 13.2. The van der Waals surface area contributed by atoms with Crippen LogP contribution in [0, 0.1) is 5.82 Å². The summed E-state index contributed by atoms with van der Waals surface area (Å²) in [4.78, 5) is 6.35. The molecule has 2 heterocycles. The summed E-state index contributed by atoms with van der Waals surface area (Å²) in [6.45, 7) is 0. The highest BCUT2D eigenvalue weighted by Crippen LogP contribution is 2.32. The molecule has 0 aliphatic carbocycles. The molecule has 4 rings (SSSR count). The number of hydrogen-bond acceptors (Lipinski definition) is 4. The van der Waals surface area contributed by atoms with Gasteiger partial charge in [-0.15, -0.1) is 0 Å². The fourth-order valence-electron chi connectivity index (χ4n) is 2.94. The van der Waals surface area contributed by atoms with Gasteiger partial charge in [-0.2, -0.15) is 10.1 Å². The van der Waals surface area contributed by atoms with Gasteiger partial charge in [-0.05, 0) is 53.6 Å². The molecule has 3 aromatic rings. The number of nitrogens with zero attached hydrogens (tertiary/aromatic N) is 4. The van der Waals surface area contributed by atoms with Crippen LogP contribution in [0.2, 0.25) is 0 Å². The van der Waals surface area contributed by atoms with Crippen molar-refractivity contribution in [2.45, 2.75) is 6.04 Å². The molecule has 0 unspecified atom stereocenters. The van der Waals surface area contributed by atoms with Crippen molar-refractivity contribution in [2.75, 3.05) is 24.3 Å². The quantitative estimate of drug-likeness (QED) is 0.795. The lowest BCUT2D eigenvalue weighted by atomic mass is 10.0. The average Bonchev–Trinajstić information content (AvgIpc) is 3.10. The van der Waals surface area contributed by atoms with Crippen LogP contribution in [0.25, 0.3) is 5.70 Å². The molecule has 0 fully saturated rings. The molecule has 2 aromatic carbocycles. The molecule has 6 heteroatoms. The second kappa shape index (κ2) is 6.05. The number of benzene rings is 2. The third-order valence-corrected chi connectivity index (χ3v) is 4.31. The number of halogens is 1. The van der Waals surface area contributed by atoms with Gasteiger partial charge in [0, 0.05) is 25.5 Å². The van der Waals surface area contributed by atoms with E-state index in [1.807, 2.05) is 18.8 Å². The third-order valence-electron chi connectivity index (χ3n) is 4.31. The smallest absolute Gasteiger partial charge is 0.226 e. The number of nitrogens with one attached hydrogen (secondary N) is 1. The standard InChI is InChI=1S/C19H18FN5/c1-24(2)16-9-5-14(6-10-16)18-11-17(13-3-7-15(20)8-4-13)23-19-21-12-22-25(18)19/h3-12,18H,1-2H3,(H,21,22,23)/t18-/m0/s1. The van der Waals surface area contributed by atoms with E-state index in [-0.39, 0.29) is 11.9 Å². The van der Waals surface area contributed by atoms with E-state index in [0.717, 1.165) is 22.5 Å². The van der Waals surface area contributed by atoms with Gasteiger partial charge in [0.25, 0.3) is 0 Å². The highest BCUT2D eigenvalue weighted by Gasteiger charge is 2.23. The summed E-state index contributed by atoms with van der Waals surface area (Å²) < 4.78 is 15.1. The predicted octanol–water partition coefficient (Wildman–Crippen LogP) is 3.54. The van der Waals surface area contributed by atoms with E-state index < -0.39 is 0 Å². The maximum absolute atomic E-state index is 13.2. The van der Waals surface area contributed by atoms with Gasteiger partial charge in [0.2, 0.25) is 5.95 Å². The molecule has 1 aromatic heterocycles. The van der Waals surface area contributed by atoms with Crippen molar-refractivity contribution in [2.24, 2.45) is 0 Å². The lowest BCUT2D eigenvalue weighted by Gasteiger charge is -2.25. The van der Waals surface area contributed by atoms with Crippen molar-refractivity contribution in [1.29, 1.82) is 0 Å². The van der Waals surface area contributed by atoms with Gasteiger partial charge < -0.3 is 10.2 Å². The Kier molecular flexibility index (Phi) is 3.72. The van der Waals surface area contributed by atoms with Crippen molar-refractivity contribution in [3.05, 3.63) is 77.9 Å². The Balaban J connectivity index is 1.75. The van der Waals surface area contributed by atoms with E-state index in [9.17, 15) is 4.39 Å². The summed E-state index contributed by atoms with van der Waals surface area (Å²) >= 11 is 0. The van der Waals surface area contributed by atoms with Crippen LogP contribution in [0.5, 0.6) is 0 Å². The van der Waals surface area contributed by atoms with Gasteiger partial charge >= 0.3 is 0 Å². The van der Waals surface area contributed by atoms with Gasteiger partial charge in [-0.25, -0.2) is 9.07 Å². The molecule has 5 nitrogen and oxygen atoms in total. The van der Waals surface area contributed by atoms with Gasteiger partial charge in [-0.1, -0.05) is 12.1 Å². The monoisotopic (exact) mass is 335 g/mol. The predicted molar refractivity (Wildman–Crippen MR) is 96.9 cm³/mol. The van der Waals surface area contributed by atoms with E-state index >= 15 is 0 Å². The first kappa shape index (κ1) is 15.4. The molecule has 0 radical (unpaired) electrons. The van der Waals surface area contributed by atoms with E-state index in [2.05, 4.69) is 50.6 Å². The summed E-state index contributed by atoms with van der Waals surface area (Å²) in [5.74, 6) is 0.419. The Hall–Kier alpha value is -3.15. The van der Waals surface area contributed by atoms with Crippen LogP contribution in [0.3, 0.4) is 0 Å². The van der Waals surface area contributed by atoms with Crippen molar-refractivity contribution < 1.29 is 4.39 Å². The Morgan fingerprint density at radius 1 is 1.04 bits per heavy atom. The summed E-state index contributed by atoms with van der Waals surface area (Å²) in [7, 11) is 4.03. The molecule has 126 valence electrons. The highest BCUT2D eigenvalue weighted by atomic mass is 19.1. The summed E-state index contributed by atoms with van der Waals surface area (Å²) in [6.07, 6.45) is 3.62. The highest BCUT2D eigenvalue weighted by molar-refractivity contribution is 5.77. The van der Waals surface area contributed by atoms with Crippen molar-refractivity contribution in [3.63, 3.8) is 0 Å². The van der Waals surface area contributed by atoms with Gasteiger partial charge in [-0.3, -0.25) is 0 Å². The van der Waals surface area contributed by atoms with Crippen molar-refractivity contribution >= 4 is 17.3 Å². The SMILES string of the molecule is CN(C)c1ccc([C@@H]2C=C(c3ccc(F)cc3)Nc3ncnn32)cc1. The minimum absolute atomic E-state index is 0.0741. The first-order chi connectivity index (χ1) is 12.1. The Labute approximate surface area is 145 Å². The summed E-state index contributed by atoms with van der Waals surface area (Å²) in [6, 6.07) is 14.7. The molecular weight excluding hydrogens is 317 g/mol. The second-order valence-corrected chi connectivity index (χ2v) is 6.17. The molecule has 0 bridgehead atoms. The van der Waals surface area contributed by atoms with Crippen LogP contribution in [0.1, 0.15) is 17.2 Å². The Morgan fingerprint density at radius 2 is 1.76 bits per heavy atom. The molecule has 1 aliphatic rings. The summed E-state index contributed by atoms with van der Waals surface area (Å²) in [5.41, 5.74) is 4.05. The van der Waals surface area contributed by atoms with E-state index in [1.54, 1.807) is 12.1 Å². The van der Waals surface area contributed by atoms with E-state index in [4.69, 9.17) is 0 Å². The first-order valence-corrected chi connectivity index (χ1v) is 8.03. The van der Waals surface area contributed by atoms with E-state index in [1.165, 1.54) is 18.5 Å². The maximum Gasteiger partial charge on any atom is 0.226 e. The van der Waals surface area contributed by atoms with Crippen LogP contribution in [-0.2, 0) is 0 Å². The lowest BCUT2D eigenvalue weighted by molar-refractivity contribution is 0.611. The minimum Gasteiger partial charge on any atom is -0.378 e. The van der Waals surface area contributed by atoms with Gasteiger partial charge in [0.1, 0.15) is 18.2 Å². The topological polar surface area (TPSA) is 46.0 Å². The lowest BCUT2D eigenvalue weighted by Crippen LogP contribution is -2.20. The molecule has 0 saturated carbocycles. The number of anilines is 2. The number of rotatable bonds is 3. The van der Waals surface area contributed by atoms with E-state index in [0.29, 0.717) is 5.95 Å². The van der Waals surface area contributed by atoms with Crippen LogP contribution in [0.15, 0.2) is 60.9 Å². The molecule has 1 aliphatic heterocycles. The minimum atomic E-state index is -0.251. The zero-order chi connectivity index (χ0) is 17.4. The molecule has 0 amide bonds. The normalized spacial score (nSPS) is 16.0. The Bertz CT molecular complexity index is 910. The molecular formula is C19H18FN5. The van der Waals surface area contributed by atoms with Crippen LogP contribution >= 0.6 is 0 Å². The second-order valence-electron chi connectivity index (χ2n) is 6.17. The largest absolute Gasteiger partial charge is 0.378 e. The zero-order valence-corrected chi connectivity index (χ0v) is 14.0. The number of fused-ring (bicyclic) bond motifs is 1. The molecule has 0 saturated heterocycles. The van der Waals surface area contributed by atoms with Crippen molar-refractivity contribution in [1.82, 2.24) is 14.8 Å². The third kappa shape index (κ3) is 2.87. The fourth-order valence-corrected chi connectivity index (χ4v) is 2.94. The number of aromatic nitrogens is 3. The van der Waals surface area contributed by atoms with Gasteiger partial charge in [0.05, 0.1) is 0 Å². The Morgan fingerprint density at radius 3 is 2.44 bits per heavy atom. The van der Waals surface area contributed by atoms with Crippen LogP contribution < -0.4 is 10.2 Å². The summed E-state index contributed by atoms with van der Waals surface area (Å²) in [5, 5.41) is 7.60. The molecule has 1 N–H and O–H groups in total. The fraction of sp³-hybridized carbons (Fsp3) is 0.158. The van der Waals surface area contributed by atoms with Gasteiger partial charge in [0.15, 0.2) is 0 Å². The molecule has 1 atom stereocenters. The average molecular weight is 335 g/mol. The molecule has 25 heavy (non-hydrogen) atoms. The van der Waals surface area contributed by atoms with Crippen molar-refractivity contribution in [3.8, 4) is 0 Å². The molecule has 0 spiro atoms. The number of allylic oxidation sites excluding steroid dienone is 1. The number of hydrogen-bond donors (Lipinski definition) is 1.